The van der Waals surface area contributed by atoms with Gasteiger partial charge in [0.1, 0.15) is 11.6 Å². The Bertz CT molecular complexity index is 1180. The van der Waals surface area contributed by atoms with Crippen molar-refractivity contribution >= 4 is 22.7 Å². The molecule has 0 bridgehead atoms. The standard InChI is InChI=1S/C22H22FN3O5/c23-17-10-16-18(26(14-3-4-14)13-20(21(16)27)31-22(28)29)11-19(17)25-7-5-24(6-8-25)12-15-2-1-9-30-15/h1-2,9-11,13-14H,3-8,12H2,(H,28,29). The van der Waals surface area contributed by atoms with Crippen LogP contribution in [0.5, 0.6) is 5.75 Å². The van der Waals surface area contributed by atoms with Gasteiger partial charge in [0.2, 0.25) is 5.43 Å². The van der Waals surface area contributed by atoms with E-state index in [0.29, 0.717) is 30.8 Å². The fourth-order valence-corrected chi connectivity index (χ4v) is 4.17. The van der Waals surface area contributed by atoms with E-state index in [4.69, 9.17) is 9.52 Å². The van der Waals surface area contributed by atoms with E-state index in [9.17, 15) is 9.59 Å². The fourth-order valence-electron chi connectivity index (χ4n) is 4.17. The van der Waals surface area contributed by atoms with Gasteiger partial charge in [0.25, 0.3) is 0 Å². The van der Waals surface area contributed by atoms with E-state index in [1.165, 1.54) is 12.3 Å². The monoisotopic (exact) mass is 427 g/mol. The van der Waals surface area contributed by atoms with E-state index in [-0.39, 0.29) is 17.2 Å². The summed E-state index contributed by atoms with van der Waals surface area (Å²) in [6.07, 6.45) is 3.36. The first-order valence-corrected chi connectivity index (χ1v) is 10.3. The largest absolute Gasteiger partial charge is 0.511 e. The van der Waals surface area contributed by atoms with Crippen molar-refractivity contribution in [2.75, 3.05) is 31.1 Å². The zero-order valence-electron chi connectivity index (χ0n) is 16.8. The molecule has 2 aromatic heterocycles. The Hall–Kier alpha value is -3.33. The molecule has 1 aliphatic heterocycles. The number of halogens is 1. The van der Waals surface area contributed by atoms with Crippen molar-refractivity contribution in [3.63, 3.8) is 0 Å². The van der Waals surface area contributed by atoms with Crippen molar-refractivity contribution in [2.24, 2.45) is 0 Å². The number of fused-ring (bicyclic) bond motifs is 1. The molecule has 0 atom stereocenters. The second kappa shape index (κ2) is 7.73. The van der Waals surface area contributed by atoms with Gasteiger partial charge in [-0.25, -0.2) is 9.18 Å². The predicted molar refractivity (Wildman–Crippen MR) is 111 cm³/mol. The Morgan fingerprint density at radius 2 is 2.00 bits per heavy atom. The lowest BCUT2D eigenvalue weighted by molar-refractivity contribution is 0.143. The number of hydrogen-bond donors (Lipinski definition) is 1. The minimum atomic E-state index is -1.57. The van der Waals surface area contributed by atoms with Crippen LogP contribution >= 0.6 is 0 Å². The molecule has 0 spiro atoms. The van der Waals surface area contributed by atoms with E-state index >= 15 is 4.39 Å². The summed E-state index contributed by atoms with van der Waals surface area (Å²) >= 11 is 0. The van der Waals surface area contributed by atoms with Crippen molar-refractivity contribution in [1.82, 2.24) is 9.47 Å². The zero-order valence-corrected chi connectivity index (χ0v) is 16.8. The fraction of sp³-hybridized carbons (Fsp3) is 0.364. The number of benzene rings is 1. The van der Waals surface area contributed by atoms with E-state index < -0.39 is 17.4 Å². The summed E-state index contributed by atoms with van der Waals surface area (Å²) < 4.78 is 26.9. The smallest absolute Gasteiger partial charge is 0.468 e. The van der Waals surface area contributed by atoms with Crippen LogP contribution in [-0.2, 0) is 6.54 Å². The summed E-state index contributed by atoms with van der Waals surface area (Å²) in [5.74, 6) is 0.0997. The number of nitrogens with zero attached hydrogens (tertiary/aromatic N) is 3. The number of piperazine rings is 1. The van der Waals surface area contributed by atoms with Gasteiger partial charge >= 0.3 is 6.16 Å². The van der Waals surface area contributed by atoms with Gasteiger partial charge in [-0.3, -0.25) is 9.69 Å². The van der Waals surface area contributed by atoms with E-state index in [2.05, 4.69) is 9.64 Å². The SMILES string of the molecule is O=C(O)Oc1cn(C2CC2)c2cc(N3CCN(Cc4ccco4)CC3)c(F)cc2c1=O. The number of furan rings is 1. The highest BCUT2D eigenvalue weighted by molar-refractivity contribution is 5.85. The van der Waals surface area contributed by atoms with Gasteiger partial charge in [-0.15, -0.1) is 0 Å². The Morgan fingerprint density at radius 3 is 2.65 bits per heavy atom. The van der Waals surface area contributed by atoms with E-state index in [1.54, 1.807) is 12.3 Å². The van der Waals surface area contributed by atoms with Crippen LogP contribution < -0.4 is 15.1 Å². The first-order valence-electron chi connectivity index (χ1n) is 10.3. The molecule has 9 heteroatoms. The normalized spacial score (nSPS) is 17.3. The molecule has 0 amide bonds. The number of anilines is 1. The van der Waals surface area contributed by atoms with Crippen LogP contribution in [0.1, 0.15) is 24.6 Å². The molecule has 3 aromatic rings. The van der Waals surface area contributed by atoms with Gasteiger partial charge in [-0.05, 0) is 37.1 Å². The third-order valence-electron chi connectivity index (χ3n) is 5.88. The zero-order chi connectivity index (χ0) is 21.5. The summed E-state index contributed by atoms with van der Waals surface area (Å²) in [7, 11) is 0. The van der Waals surface area contributed by atoms with Crippen LogP contribution in [0.2, 0.25) is 0 Å². The van der Waals surface area contributed by atoms with Crippen molar-refractivity contribution < 1.29 is 23.4 Å². The Morgan fingerprint density at radius 1 is 1.23 bits per heavy atom. The Balaban J connectivity index is 1.45. The first kappa shape index (κ1) is 19.6. The van der Waals surface area contributed by atoms with Gasteiger partial charge in [0, 0.05) is 32.2 Å². The highest BCUT2D eigenvalue weighted by Crippen LogP contribution is 2.39. The number of hydrogen-bond acceptors (Lipinski definition) is 6. The molecule has 1 saturated heterocycles. The van der Waals surface area contributed by atoms with Crippen molar-refractivity contribution in [3.8, 4) is 5.75 Å². The maximum atomic E-state index is 15.1. The lowest BCUT2D eigenvalue weighted by atomic mass is 10.1. The molecule has 1 N–H and O–H groups in total. The molecule has 0 unspecified atom stereocenters. The number of ether oxygens (including phenoxy) is 1. The van der Waals surface area contributed by atoms with Gasteiger partial charge in [-0.2, -0.15) is 0 Å². The molecule has 8 nitrogen and oxygen atoms in total. The number of carbonyl (C=O) groups is 1. The van der Waals surface area contributed by atoms with Crippen LogP contribution in [0.15, 0.2) is 45.9 Å². The third-order valence-corrected chi connectivity index (χ3v) is 5.88. The average molecular weight is 427 g/mol. The summed E-state index contributed by atoms with van der Waals surface area (Å²) in [6.45, 7) is 3.54. The molecule has 1 aliphatic carbocycles. The summed E-state index contributed by atoms with van der Waals surface area (Å²) in [5, 5.41) is 9.05. The van der Waals surface area contributed by atoms with Gasteiger partial charge in [0.05, 0.1) is 35.6 Å². The maximum absolute atomic E-state index is 15.1. The molecule has 2 fully saturated rings. The highest BCUT2D eigenvalue weighted by Gasteiger charge is 2.28. The molecule has 31 heavy (non-hydrogen) atoms. The molecule has 3 heterocycles. The molecule has 1 aromatic carbocycles. The topological polar surface area (TPSA) is 88.2 Å². The van der Waals surface area contributed by atoms with Crippen LogP contribution in [-0.4, -0.2) is 46.9 Å². The van der Waals surface area contributed by atoms with Gasteiger partial charge in [-0.1, -0.05) is 0 Å². The van der Waals surface area contributed by atoms with Crippen molar-refractivity contribution in [2.45, 2.75) is 25.4 Å². The van der Waals surface area contributed by atoms with E-state index in [0.717, 1.165) is 31.7 Å². The Labute approximate surface area is 177 Å². The van der Waals surface area contributed by atoms with Gasteiger partial charge in [0.15, 0.2) is 5.75 Å². The maximum Gasteiger partial charge on any atom is 0.511 e. The molecular formula is C22H22FN3O5. The molecular weight excluding hydrogens is 405 g/mol. The lowest BCUT2D eigenvalue weighted by Gasteiger charge is -2.36. The molecule has 5 rings (SSSR count). The number of aromatic nitrogens is 1. The summed E-state index contributed by atoms with van der Waals surface area (Å²) in [5.41, 5.74) is 0.425. The molecule has 2 aliphatic rings. The highest BCUT2D eigenvalue weighted by atomic mass is 19.1. The van der Waals surface area contributed by atoms with Crippen molar-refractivity contribution in [3.05, 3.63) is 58.5 Å². The number of carboxylic acid groups (broad SMARTS) is 1. The average Bonchev–Trinajstić information content (AvgIpc) is 3.47. The lowest BCUT2D eigenvalue weighted by Crippen LogP contribution is -2.46. The third kappa shape index (κ3) is 3.88. The quantitative estimate of drug-likeness (QED) is 0.624. The minimum absolute atomic E-state index is 0.128. The summed E-state index contributed by atoms with van der Waals surface area (Å²) in [4.78, 5) is 27.9. The molecule has 162 valence electrons. The van der Waals surface area contributed by atoms with E-state index in [1.807, 2.05) is 21.6 Å². The minimum Gasteiger partial charge on any atom is -0.468 e. The Kier molecular flexibility index (Phi) is 4.90. The predicted octanol–water partition coefficient (Wildman–Crippen LogP) is 3.45. The van der Waals surface area contributed by atoms with Crippen molar-refractivity contribution in [1.29, 1.82) is 0 Å². The van der Waals surface area contributed by atoms with Crippen LogP contribution in [0, 0.1) is 5.82 Å². The second-order valence-corrected chi connectivity index (χ2v) is 7.99. The van der Waals surface area contributed by atoms with Crippen LogP contribution in [0.25, 0.3) is 10.9 Å². The van der Waals surface area contributed by atoms with Gasteiger partial charge < -0.3 is 23.7 Å². The first-order chi connectivity index (χ1) is 15.0. The summed E-state index contributed by atoms with van der Waals surface area (Å²) in [6, 6.07) is 6.87. The molecule has 0 radical (unpaired) electrons. The van der Waals surface area contributed by atoms with Crippen LogP contribution in [0.3, 0.4) is 0 Å². The second-order valence-electron chi connectivity index (χ2n) is 7.99. The van der Waals surface area contributed by atoms with Crippen LogP contribution in [0.4, 0.5) is 14.9 Å². The molecule has 1 saturated carbocycles. The number of rotatable bonds is 5. The number of pyridine rings is 1.